The molecule has 1 aliphatic rings. The van der Waals surface area contributed by atoms with Crippen molar-refractivity contribution < 1.29 is 9.18 Å². The van der Waals surface area contributed by atoms with E-state index in [4.69, 9.17) is 4.98 Å². The van der Waals surface area contributed by atoms with Gasteiger partial charge in [0.25, 0.3) is 0 Å². The van der Waals surface area contributed by atoms with E-state index in [1.807, 2.05) is 35.2 Å². The van der Waals surface area contributed by atoms with Crippen molar-refractivity contribution in [2.75, 3.05) is 31.1 Å². The highest BCUT2D eigenvalue weighted by Gasteiger charge is 2.24. The van der Waals surface area contributed by atoms with E-state index in [2.05, 4.69) is 20.9 Å². The van der Waals surface area contributed by atoms with Crippen LogP contribution in [0.15, 0.2) is 66.9 Å². The number of H-pyrrole nitrogens is 1. The van der Waals surface area contributed by atoms with Crippen LogP contribution in [0, 0.1) is 5.82 Å². The van der Waals surface area contributed by atoms with Crippen LogP contribution in [0.1, 0.15) is 12.0 Å². The fraction of sp³-hybridized carbons (Fsp3) is 0.222. The van der Waals surface area contributed by atoms with Gasteiger partial charge in [0.05, 0.1) is 0 Å². The summed E-state index contributed by atoms with van der Waals surface area (Å²) < 4.78 is 13.5. The quantitative estimate of drug-likeness (QED) is 0.369. The summed E-state index contributed by atoms with van der Waals surface area (Å²) in [7, 11) is 0. The summed E-state index contributed by atoms with van der Waals surface area (Å²) >= 11 is 1.60. The van der Waals surface area contributed by atoms with Crippen molar-refractivity contribution in [1.29, 1.82) is 0 Å². The van der Waals surface area contributed by atoms with Crippen LogP contribution in [0.2, 0.25) is 0 Å². The molecule has 1 amide bonds. The van der Waals surface area contributed by atoms with Gasteiger partial charge in [-0.1, -0.05) is 29.5 Å². The molecule has 6 rings (SSSR count). The van der Waals surface area contributed by atoms with Crippen molar-refractivity contribution in [3.63, 3.8) is 0 Å². The molecule has 0 atom stereocenters. The van der Waals surface area contributed by atoms with E-state index >= 15 is 0 Å². The summed E-state index contributed by atoms with van der Waals surface area (Å²) in [6, 6.07) is 18.5. The Labute approximate surface area is 206 Å². The van der Waals surface area contributed by atoms with E-state index in [-0.39, 0.29) is 11.7 Å². The van der Waals surface area contributed by atoms with E-state index in [0.29, 0.717) is 25.9 Å². The molecule has 4 heterocycles. The summed E-state index contributed by atoms with van der Waals surface area (Å²) in [5.74, 6) is -0.103. The van der Waals surface area contributed by atoms with Gasteiger partial charge in [0.2, 0.25) is 5.91 Å². The number of aromatic amines is 1. The molecule has 0 aliphatic carbocycles. The first-order valence-electron chi connectivity index (χ1n) is 11.8. The second-order valence-electron chi connectivity index (χ2n) is 8.72. The molecule has 1 aliphatic heterocycles. The van der Waals surface area contributed by atoms with E-state index in [1.54, 1.807) is 29.7 Å². The number of fused-ring (bicyclic) bond motifs is 2. The van der Waals surface area contributed by atoms with E-state index in [1.165, 1.54) is 12.1 Å². The number of nitrogens with one attached hydrogen (secondary N) is 1. The molecule has 0 bridgehead atoms. The molecule has 5 aromatic rings. The standard InChI is InChI=1S/C27H24FN5OS/c28-19-9-7-18(8-10-19)25-21(20-4-1-2-5-22(20)30-25)11-12-24(34)32-14-16-33(17-15-32)27-31-23-6-3-13-29-26(23)35-27/h1-10,13,30H,11-12,14-17H2. The van der Waals surface area contributed by atoms with Crippen molar-refractivity contribution in [2.45, 2.75) is 12.8 Å². The van der Waals surface area contributed by atoms with Gasteiger partial charge < -0.3 is 14.8 Å². The average molecular weight is 486 g/mol. The molecule has 1 fully saturated rings. The highest BCUT2D eigenvalue weighted by atomic mass is 32.1. The largest absolute Gasteiger partial charge is 0.354 e. The predicted octanol–water partition coefficient (Wildman–Crippen LogP) is 5.26. The first-order chi connectivity index (χ1) is 17.2. The number of nitrogens with zero attached hydrogens (tertiary/aromatic N) is 4. The number of hydrogen-bond acceptors (Lipinski definition) is 5. The molecule has 1 N–H and O–H groups in total. The van der Waals surface area contributed by atoms with Crippen LogP contribution in [-0.4, -0.2) is 51.9 Å². The molecule has 35 heavy (non-hydrogen) atoms. The number of para-hydroxylation sites is 1. The summed E-state index contributed by atoms with van der Waals surface area (Å²) in [4.78, 5) is 30.8. The van der Waals surface area contributed by atoms with Gasteiger partial charge in [0.1, 0.15) is 16.2 Å². The van der Waals surface area contributed by atoms with Gasteiger partial charge in [-0.25, -0.2) is 14.4 Å². The van der Waals surface area contributed by atoms with Crippen LogP contribution in [0.25, 0.3) is 32.5 Å². The van der Waals surface area contributed by atoms with Crippen LogP contribution in [0.4, 0.5) is 9.52 Å². The molecule has 0 saturated carbocycles. The lowest BCUT2D eigenvalue weighted by Crippen LogP contribution is -2.48. The maximum absolute atomic E-state index is 13.5. The molecule has 0 spiro atoms. The second kappa shape index (κ2) is 9.11. The minimum Gasteiger partial charge on any atom is -0.354 e. The second-order valence-corrected chi connectivity index (χ2v) is 9.68. The maximum atomic E-state index is 13.5. The number of benzene rings is 2. The number of pyridine rings is 1. The minimum atomic E-state index is -0.261. The van der Waals surface area contributed by atoms with Crippen LogP contribution in [0.5, 0.6) is 0 Å². The van der Waals surface area contributed by atoms with Crippen LogP contribution < -0.4 is 4.90 Å². The van der Waals surface area contributed by atoms with Gasteiger partial charge in [-0.3, -0.25) is 4.79 Å². The Morgan fingerprint density at radius 3 is 2.60 bits per heavy atom. The Bertz CT molecular complexity index is 1470. The first-order valence-corrected chi connectivity index (χ1v) is 12.6. The Morgan fingerprint density at radius 2 is 1.80 bits per heavy atom. The summed E-state index contributed by atoms with van der Waals surface area (Å²) in [5.41, 5.74) is 4.91. The number of aromatic nitrogens is 3. The average Bonchev–Trinajstić information content (AvgIpc) is 3.49. The zero-order valence-electron chi connectivity index (χ0n) is 19.1. The highest BCUT2D eigenvalue weighted by Crippen LogP contribution is 2.32. The number of carbonyl (C=O) groups excluding carboxylic acids is 1. The third kappa shape index (κ3) is 4.25. The molecule has 8 heteroatoms. The lowest BCUT2D eigenvalue weighted by Gasteiger charge is -2.34. The normalized spacial score (nSPS) is 14.2. The monoisotopic (exact) mass is 485 g/mol. The SMILES string of the molecule is O=C(CCc1c(-c2ccc(F)cc2)[nH]c2ccccc12)N1CCN(c2nc3cccnc3s2)CC1. The number of aryl methyl sites for hydroxylation is 1. The van der Waals surface area contributed by atoms with Crippen molar-refractivity contribution in [3.8, 4) is 11.3 Å². The van der Waals surface area contributed by atoms with Crippen molar-refractivity contribution in [1.82, 2.24) is 19.9 Å². The molecular formula is C27H24FN5OS. The van der Waals surface area contributed by atoms with Crippen molar-refractivity contribution in [2.24, 2.45) is 0 Å². The Morgan fingerprint density at radius 1 is 1.00 bits per heavy atom. The van der Waals surface area contributed by atoms with E-state index in [0.717, 1.165) is 56.3 Å². The Balaban J connectivity index is 1.15. The number of anilines is 1. The molecule has 2 aromatic carbocycles. The maximum Gasteiger partial charge on any atom is 0.223 e. The first kappa shape index (κ1) is 21.7. The molecule has 0 radical (unpaired) electrons. The van der Waals surface area contributed by atoms with Gasteiger partial charge in [0, 0.05) is 55.4 Å². The van der Waals surface area contributed by atoms with Gasteiger partial charge in [-0.05, 0) is 60.0 Å². The number of halogens is 1. The summed E-state index contributed by atoms with van der Waals surface area (Å²) in [6.45, 7) is 2.89. The number of rotatable bonds is 5. The van der Waals surface area contributed by atoms with Crippen LogP contribution in [-0.2, 0) is 11.2 Å². The van der Waals surface area contributed by atoms with Gasteiger partial charge in [0.15, 0.2) is 5.13 Å². The molecular weight excluding hydrogens is 461 g/mol. The lowest BCUT2D eigenvalue weighted by atomic mass is 10.0. The lowest BCUT2D eigenvalue weighted by molar-refractivity contribution is -0.131. The van der Waals surface area contributed by atoms with Gasteiger partial charge in [-0.2, -0.15) is 0 Å². The number of thiazole rings is 1. The fourth-order valence-corrected chi connectivity index (χ4v) is 5.71. The number of hydrogen-bond donors (Lipinski definition) is 1. The van der Waals surface area contributed by atoms with E-state index in [9.17, 15) is 9.18 Å². The molecule has 0 unspecified atom stereocenters. The van der Waals surface area contributed by atoms with Crippen molar-refractivity contribution in [3.05, 3.63) is 78.2 Å². The summed E-state index contributed by atoms with van der Waals surface area (Å²) in [6.07, 6.45) is 2.84. The van der Waals surface area contributed by atoms with Crippen LogP contribution in [0.3, 0.4) is 0 Å². The zero-order chi connectivity index (χ0) is 23.8. The Hall–Kier alpha value is -3.78. The number of amides is 1. The molecule has 176 valence electrons. The number of piperazine rings is 1. The summed E-state index contributed by atoms with van der Waals surface area (Å²) in [5, 5.41) is 2.07. The smallest absolute Gasteiger partial charge is 0.223 e. The zero-order valence-corrected chi connectivity index (χ0v) is 19.9. The molecule has 3 aromatic heterocycles. The predicted molar refractivity (Wildman–Crippen MR) is 138 cm³/mol. The topological polar surface area (TPSA) is 65.1 Å². The van der Waals surface area contributed by atoms with Gasteiger partial charge in [-0.15, -0.1) is 0 Å². The third-order valence-electron chi connectivity index (χ3n) is 6.59. The fourth-order valence-electron chi connectivity index (χ4n) is 4.75. The molecule has 1 saturated heterocycles. The highest BCUT2D eigenvalue weighted by molar-refractivity contribution is 7.21. The van der Waals surface area contributed by atoms with Crippen LogP contribution >= 0.6 is 11.3 Å². The third-order valence-corrected chi connectivity index (χ3v) is 7.63. The van der Waals surface area contributed by atoms with Crippen molar-refractivity contribution >= 4 is 43.6 Å². The Kier molecular flexibility index (Phi) is 5.66. The number of carbonyl (C=O) groups is 1. The minimum absolute atomic E-state index is 0.158. The molecule has 6 nitrogen and oxygen atoms in total. The van der Waals surface area contributed by atoms with Gasteiger partial charge >= 0.3 is 0 Å². The van der Waals surface area contributed by atoms with E-state index < -0.39 is 0 Å².